The van der Waals surface area contributed by atoms with Gasteiger partial charge < -0.3 is 5.73 Å². The fraction of sp³-hybridized carbons (Fsp3) is 0.421. The average Bonchev–Trinajstić information content (AvgIpc) is 2.46. The molecule has 2 N–H and O–H groups in total. The molecule has 0 fully saturated rings. The van der Waals surface area contributed by atoms with Crippen molar-refractivity contribution in [3.8, 4) is 0 Å². The summed E-state index contributed by atoms with van der Waals surface area (Å²) in [6.45, 7) is 4.40. The summed E-state index contributed by atoms with van der Waals surface area (Å²) in [6, 6.07) is 6.31. The van der Waals surface area contributed by atoms with Crippen molar-refractivity contribution in [1.29, 1.82) is 0 Å². The van der Waals surface area contributed by atoms with Gasteiger partial charge in [-0.3, -0.25) is 4.98 Å². The molecule has 2 heteroatoms. The van der Waals surface area contributed by atoms with E-state index < -0.39 is 0 Å². The van der Waals surface area contributed by atoms with Crippen molar-refractivity contribution >= 4 is 16.6 Å². The highest BCUT2D eigenvalue weighted by Crippen LogP contribution is 2.47. The Morgan fingerprint density at radius 2 is 2.14 bits per heavy atom. The van der Waals surface area contributed by atoms with Crippen LogP contribution in [0.25, 0.3) is 10.9 Å². The number of nitrogen functional groups attached to an aromatic ring is 1. The van der Waals surface area contributed by atoms with E-state index >= 15 is 0 Å². The van der Waals surface area contributed by atoms with E-state index in [4.69, 9.17) is 10.7 Å². The molecule has 108 valence electrons. The molecule has 1 heterocycles. The van der Waals surface area contributed by atoms with Gasteiger partial charge in [0.2, 0.25) is 0 Å². The van der Waals surface area contributed by atoms with Gasteiger partial charge in [0, 0.05) is 22.3 Å². The lowest BCUT2D eigenvalue weighted by Gasteiger charge is -2.36. The number of hydrogen-bond donors (Lipinski definition) is 1. The highest BCUT2D eigenvalue weighted by molar-refractivity contribution is 5.95. The highest BCUT2D eigenvalue weighted by Gasteiger charge is 2.33. The van der Waals surface area contributed by atoms with Crippen LogP contribution in [0.2, 0.25) is 0 Å². The van der Waals surface area contributed by atoms with Gasteiger partial charge in [0.25, 0.3) is 0 Å². The van der Waals surface area contributed by atoms with Crippen LogP contribution in [0.1, 0.15) is 48.9 Å². The van der Waals surface area contributed by atoms with Crippen molar-refractivity contribution in [3.05, 3.63) is 46.7 Å². The van der Waals surface area contributed by atoms with E-state index in [1.165, 1.54) is 41.5 Å². The van der Waals surface area contributed by atoms with Gasteiger partial charge in [-0.05, 0) is 56.1 Å². The zero-order chi connectivity index (χ0) is 14.6. The number of anilines is 1. The van der Waals surface area contributed by atoms with E-state index in [9.17, 15) is 0 Å². The number of rotatable bonds is 1. The first-order chi connectivity index (χ1) is 10.2. The largest absolute Gasteiger partial charge is 0.398 e. The fourth-order valence-electron chi connectivity index (χ4n) is 4.31. The first-order valence-corrected chi connectivity index (χ1v) is 8.04. The summed E-state index contributed by atoms with van der Waals surface area (Å²) < 4.78 is 0. The topological polar surface area (TPSA) is 38.9 Å². The fourth-order valence-corrected chi connectivity index (χ4v) is 4.31. The van der Waals surface area contributed by atoms with Gasteiger partial charge in [-0.25, -0.2) is 0 Å². The number of aryl methyl sites for hydroxylation is 1. The van der Waals surface area contributed by atoms with Crippen LogP contribution in [0.15, 0.2) is 29.8 Å². The number of pyridine rings is 1. The Morgan fingerprint density at radius 1 is 1.29 bits per heavy atom. The first kappa shape index (κ1) is 12.9. The SMILES string of the molecule is CCC1=CC2Cc3nc4cccc(C)c4c(N)c3C(C1)C2. The Morgan fingerprint density at radius 3 is 2.95 bits per heavy atom. The van der Waals surface area contributed by atoms with E-state index in [2.05, 4.69) is 38.1 Å². The normalized spacial score (nSPS) is 23.8. The average molecular weight is 278 g/mol. The maximum atomic E-state index is 6.60. The molecule has 1 aromatic heterocycles. The van der Waals surface area contributed by atoms with Gasteiger partial charge in [-0.1, -0.05) is 30.7 Å². The summed E-state index contributed by atoms with van der Waals surface area (Å²) in [5.74, 6) is 1.25. The Bertz CT molecular complexity index is 758. The number of allylic oxidation sites excluding steroid dienone is 2. The third-order valence-electron chi connectivity index (χ3n) is 5.26. The predicted octanol–water partition coefficient (Wildman–Crippen LogP) is 4.51. The minimum absolute atomic E-state index is 0.579. The lowest BCUT2D eigenvalue weighted by molar-refractivity contribution is 0.429. The molecule has 0 aliphatic heterocycles. The second kappa shape index (κ2) is 4.59. The van der Waals surface area contributed by atoms with Crippen LogP contribution >= 0.6 is 0 Å². The Kier molecular flexibility index (Phi) is 2.81. The summed E-state index contributed by atoms with van der Waals surface area (Å²) in [4.78, 5) is 4.96. The van der Waals surface area contributed by atoms with E-state index in [1.54, 1.807) is 5.57 Å². The standard InChI is InChI=1S/C19H22N2/c1-3-12-7-13-9-14(8-12)18-16(10-13)21-15-6-4-5-11(2)17(15)19(18)20/h4-7,13-14H,3,8-10H2,1-2H3,(H2,20,21). The lowest BCUT2D eigenvalue weighted by Crippen LogP contribution is -2.24. The van der Waals surface area contributed by atoms with Gasteiger partial charge in [-0.15, -0.1) is 0 Å². The number of nitrogens with zero attached hydrogens (tertiary/aromatic N) is 1. The van der Waals surface area contributed by atoms with Crippen molar-refractivity contribution in [2.75, 3.05) is 5.73 Å². The summed E-state index contributed by atoms with van der Waals surface area (Å²) >= 11 is 0. The van der Waals surface area contributed by atoms with Crippen LogP contribution in [-0.4, -0.2) is 4.98 Å². The Hall–Kier alpha value is -1.83. The van der Waals surface area contributed by atoms with Gasteiger partial charge in [0.15, 0.2) is 0 Å². The molecule has 0 saturated heterocycles. The molecule has 2 atom stereocenters. The van der Waals surface area contributed by atoms with E-state index in [0.29, 0.717) is 11.8 Å². The van der Waals surface area contributed by atoms with Crippen LogP contribution in [0.3, 0.4) is 0 Å². The summed E-state index contributed by atoms with van der Waals surface area (Å²) in [5.41, 5.74) is 14.1. The zero-order valence-electron chi connectivity index (χ0n) is 12.8. The van der Waals surface area contributed by atoms with Gasteiger partial charge in [0.05, 0.1) is 5.52 Å². The molecule has 2 unspecified atom stereocenters. The predicted molar refractivity (Wildman–Crippen MR) is 88.4 cm³/mol. The van der Waals surface area contributed by atoms with Crippen LogP contribution in [0.4, 0.5) is 5.69 Å². The number of nitrogens with two attached hydrogens (primary N) is 1. The van der Waals surface area contributed by atoms with Gasteiger partial charge in [-0.2, -0.15) is 0 Å². The molecule has 0 saturated carbocycles. The monoisotopic (exact) mass is 278 g/mol. The minimum Gasteiger partial charge on any atom is -0.398 e. The Labute approximate surface area is 126 Å². The zero-order valence-corrected chi connectivity index (χ0v) is 12.8. The van der Waals surface area contributed by atoms with Gasteiger partial charge in [0.1, 0.15) is 0 Å². The van der Waals surface area contributed by atoms with Crippen LogP contribution in [-0.2, 0) is 6.42 Å². The molecule has 0 radical (unpaired) electrons. The molecular formula is C19H22N2. The van der Waals surface area contributed by atoms with E-state index in [0.717, 1.165) is 17.6 Å². The van der Waals surface area contributed by atoms with Crippen molar-refractivity contribution in [1.82, 2.24) is 4.98 Å². The second-order valence-corrected chi connectivity index (χ2v) is 6.63. The molecule has 2 aromatic rings. The highest BCUT2D eigenvalue weighted by atomic mass is 14.8. The van der Waals surface area contributed by atoms with E-state index in [1.807, 2.05) is 0 Å². The molecule has 2 nitrogen and oxygen atoms in total. The molecule has 2 aliphatic rings. The molecule has 0 spiro atoms. The molecule has 2 aliphatic carbocycles. The summed E-state index contributed by atoms with van der Waals surface area (Å²) in [5, 5.41) is 1.17. The molecule has 1 aromatic carbocycles. The smallest absolute Gasteiger partial charge is 0.0728 e. The Balaban J connectivity index is 1.95. The number of aromatic nitrogens is 1. The molecule has 4 rings (SSSR count). The summed E-state index contributed by atoms with van der Waals surface area (Å²) in [7, 11) is 0. The molecule has 2 bridgehead atoms. The number of benzene rings is 1. The third kappa shape index (κ3) is 1.89. The number of fused-ring (bicyclic) bond motifs is 5. The van der Waals surface area contributed by atoms with Crippen molar-refractivity contribution < 1.29 is 0 Å². The maximum Gasteiger partial charge on any atom is 0.0728 e. The van der Waals surface area contributed by atoms with Gasteiger partial charge >= 0.3 is 0 Å². The maximum absolute atomic E-state index is 6.60. The van der Waals surface area contributed by atoms with Crippen molar-refractivity contribution in [2.45, 2.75) is 45.4 Å². The van der Waals surface area contributed by atoms with E-state index in [-0.39, 0.29) is 0 Å². The molecule has 0 amide bonds. The quantitative estimate of drug-likeness (QED) is 0.779. The molecular weight excluding hydrogens is 256 g/mol. The second-order valence-electron chi connectivity index (χ2n) is 6.63. The van der Waals surface area contributed by atoms with Crippen LogP contribution in [0, 0.1) is 12.8 Å². The third-order valence-corrected chi connectivity index (χ3v) is 5.26. The van der Waals surface area contributed by atoms with Crippen LogP contribution < -0.4 is 5.73 Å². The first-order valence-electron chi connectivity index (χ1n) is 8.04. The van der Waals surface area contributed by atoms with Crippen LogP contribution in [0.5, 0.6) is 0 Å². The van der Waals surface area contributed by atoms with Crippen molar-refractivity contribution in [3.63, 3.8) is 0 Å². The lowest BCUT2D eigenvalue weighted by atomic mass is 9.70. The summed E-state index contributed by atoms with van der Waals surface area (Å²) in [6.07, 6.45) is 7.15. The minimum atomic E-state index is 0.579. The number of hydrogen-bond acceptors (Lipinski definition) is 2. The van der Waals surface area contributed by atoms with Crippen molar-refractivity contribution in [2.24, 2.45) is 5.92 Å². The molecule has 21 heavy (non-hydrogen) atoms.